The van der Waals surface area contributed by atoms with Crippen molar-refractivity contribution in [3.05, 3.63) is 29.3 Å². The molecule has 0 radical (unpaired) electrons. The number of benzene rings is 1. The lowest BCUT2D eigenvalue weighted by atomic mass is 10.0. The molecule has 1 aromatic rings. The van der Waals surface area contributed by atoms with Gasteiger partial charge in [-0.15, -0.1) is 0 Å². The van der Waals surface area contributed by atoms with E-state index >= 15 is 0 Å². The summed E-state index contributed by atoms with van der Waals surface area (Å²) >= 11 is 0. The predicted molar refractivity (Wildman–Crippen MR) is 87.3 cm³/mol. The van der Waals surface area contributed by atoms with E-state index in [1.165, 1.54) is 12.1 Å². The lowest BCUT2D eigenvalue weighted by molar-refractivity contribution is -0.141. The molecule has 1 unspecified atom stereocenters. The molecule has 1 rings (SSSR count). The highest BCUT2D eigenvalue weighted by molar-refractivity contribution is 7.90. The number of sulfone groups is 1. The summed E-state index contributed by atoms with van der Waals surface area (Å²) in [6.07, 6.45) is 2.83. The average molecular weight is 341 g/mol. The minimum absolute atomic E-state index is 0.0221. The van der Waals surface area contributed by atoms with Crippen LogP contribution in [-0.2, 0) is 21.1 Å². The van der Waals surface area contributed by atoms with E-state index in [0.717, 1.165) is 11.8 Å². The monoisotopic (exact) mass is 341 g/mol. The summed E-state index contributed by atoms with van der Waals surface area (Å²) in [4.78, 5) is 23.5. The Kier molecular flexibility index (Phi) is 6.75. The van der Waals surface area contributed by atoms with E-state index in [0.29, 0.717) is 19.3 Å². The van der Waals surface area contributed by atoms with Gasteiger partial charge in [0.05, 0.1) is 10.8 Å². The number of hydrogen-bond acceptors (Lipinski definition) is 4. The Labute approximate surface area is 136 Å². The number of carbonyl (C=O) groups is 2. The first-order valence-corrected chi connectivity index (χ1v) is 9.43. The van der Waals surface area contributed by atoms with Crippen molar-refractivity contribution >= 4 is 21.7 Å². The maximum Gasteiger partial charge on any atom is 0.308 e. The highest BCUT2D eigenvalue weighted by Gasteiger charge is 2.20. The van der Waals surface area contributed by atoms with E-state index < -0.39 is 27.6 Å². The Bertz CT molecular complexity index is 682. The number of aryl methyl sites for hydroxylation is 1. The zero-order valence-electron chi connectivity index (χ0n) is 13.6. The van der Waals surface area contributed by atoms with Crippen molar-refractivity contribution in [3.63, 3.8) is 0 Å². The largest absolute Gasteiger partial charge is 0.481 e. The van der Waals surface area contributed by atoms with E-state index in [4.69, 9.17) is 5.11 Å². The zero-order valence-corrected chi connectivity index (χ0v) is 14.4. The van der Waals surface area contributed by atoms with Crippen molar-refractivity contribution in [1.29, 1.82) is 0 Å². The van der Waals surface area contributed by atoms with Gasteiger partial charge in [-0.1, -0.05) is 26.3 Å². The van der Waals surface area contributed by atoms with Crippen LogP contribution in [0.25, 0.3) is 0 Å². The van der Waals surface area contributed by atoms with Crippen LogP contribution < -0.4 is 5.32 Å². The molecule has 23 heavy (non-hydrogen) atoms. The maximum absolute atomic E-state index is 12.3. The smallest absolute Gasteiger partial charge is 0.308 e. The molecule has 0 saturated carbocycles. The SMILES string of the molecule is CCCC(CNC(=O)c1cc(S(C)(=O)=O)ccc1CC)C(=O)O. The first kappa shape index (κ1) is 19.2. The summed E-state index contributed by atoms with van der Waals surface area (Å²) in [5, 5.41) is 11.7. The van der Waals surface area contributed by atoms with Gasteiger partial charge in [0.25, 0.3) is 5.91 Å². The summed E-state index contributed by atoms with van der Waals surface area (Å²) < 4.78 is 23.3. The van der Waals surface area contributed by atoms with E-state index in [1.54, 1.807) is 6.07 Å². The number of carbonyl (C=O) groups excluding carboxylic acids is 1. The summed E-state index contributed by atoms with van der Waals surface area (Å²) in [6, 6.07) is 4.44. The van der Waals surface area contributed by atoms with Crippen LogP contribution in [0.4, 0.5) is 0 Å². The quantitative estimate of drug-likeness (QED) is 0.752. The van der Waals surface area contributed by atoms with Gasteiger partial charge in [-0.05, 0) is 30.5 Å². The third-order valence-corrected chi connectivity index (χ3v) is 4.74. The fourth-order valence-corrected chi connectivity index (χ4v) is 2.93. The van der Waals surface area contributed by atoms with Gasteiger partial charge in [0.2, 0.25) is 0 Å². The minimum Gasteiger partial charge on any atom is -0.481 e. The number of carboxylic acid groups (broad SMARTS) is 1. The normalized spacial score (nSPS) is 12.7. The Morgan fingerprint density at radius 1 is 1.26 bits per heavy atom. The highest BCUT2D eigenvalue weighted by atomic mass is 32.2. The van der Waals surface area contributed by atoms with Crippen molar-refractivity contribution in [2.45, 2.75) is 38.0 Å². The van der Waals surface area contributed by atoms with Crippen molar-refractivity contribution in [3.8, 4) is 0 Å². The number of hydrogen-bond donors (Lipinski definition) is 2. The van der Waals surface area contributed by atoms with Crippen molar-refractivity contribution in [2.24, 2.45) is 5.92 Å². The van der Waals surface area contributed by atoms with Gasteiger partial charge in [-0.25, -0.2) is 8.42 Å². The van der Waals surface area contributed by atoms with E-state index in [1.807, 2.05) is 13.8 Å². The van der Waals surface area contributed by atoms with Crippen LogP contribution in [-0.4, -0.2) is 38.2 Å². The first-order valence-electron chi connectivity index (χ1n) is 7.54. The molecule has 0 spiro atoms. The molecule has 0 aliphatic carbocycles. The van der Waals surface area contributed by atoms with Crippen molar-refractivity contribution < 1.29 is 23.1 Å². The van der Waals surface area contributed by atoms with Crippen molar-refractivity contribution in [2.75, 3.05) is 12.8 Å². The van der Waals surface area contributed by atoms with Gasteiger partial charge in [0.15, 0.2) is 9.84 Å². The molecule has 0 aromatic heterocycles. The van der Waals surface area contributed by atoms with Crippen LogP contribution in [0.1, 0.15) is 42.6 Å². The predicted octanol–water partition coefficient (Wildman–Crippen LogP) is 1.88. The minimum atomic E-state index is -3.41. The van der Waals surface area contributed by atoms with E-state index in [-0.39, 0.29) is 17.0 Å². The molecule has 7 heteroatoms. The molecule has 0 aliphatic heterocycles. The lowest BCUT2D eigenvalue weighted by Gasteiger charge is -2.14. The zero-order chi connectivity index (χ0) is 17.6. The second kappa shape index (κ2) is 8.10. The molecule has 2 N–H and O–H groups in total. The molecule has 1 amide bonds. The second-order valence-corrected chi connectivity index (χ2v) is 7.49. The van der Waals surface area contributed by atoms with Gasteiger partial charge < -0.3 is 10.4 Å². The number of rotatable bonds is 8. The molecule has 128 valence electrons. The fraction of sp³-hybridized carbons (Fsp3) is 0.500. The number of carboxylic acids is 1. The Morgan fingerprint density at radius 2 is 1.91 bits per heavy atom. The number of aliphatic carboxylic acids is 1. The van der Waals surface area contributed by atoms with Gasteiger partial charge >= 0.3 is 5.97 Å². The Hall–Kier alpha value is -1.89. The van der Waals surface area contributed by atoms with Gasteiger partial charge in [0.1, 0.15) is 0 Å². The van der Waals surface area contributed by atoms with Crippen LogP contribution >= 0.6 is 0 Å². The van der Waals surface area contributed by atoms with Gasteiger partial charge in [0, 0.05) is 18.4 Å². The topological polar surface area (TPSA) is 101 Å². The standard InChI is InChI=1S/C16H23NO5S/c1-4-6-12(16(19)20)10-17-15(18)14-9-13(23(3,21)22)8-7-11(14)5-2/h7-9,12H,4-6,10H2,1-3H3,(H,17,18)(H,19,20). The summed E-state index contributed by atoms with van der Waals surface area (Å²) in [6.45, 7) is 3.76. The first-order chi connectivity index (χ1) is 10.7. The van der Waals surface area contributed by atoms with Crippen LogP contribution in [0.5, 0.6) is 0 Å². The molecule has 0 fully saturated rings. The summed E-state index contributed by atoms with van der Waals surface area (Å²) in [7, 11) is -3.41. The molecule has 0 heterocycles. The molecule has 0 saturated heterocycles. The van der Waals surface area contributed by atoms with E-state index in [9.17, 15) is 18.0 Å². The van der Waals surface area contributed by atoms with Gasteiger partial charge in [-0.3, -0.25) is 9.59 Å². The van der Waals surface area contributed by atoms with Crippen LogP contribution in [0, 0.1) is 5.92 Å². The lowest BCUT2D eigenvalue weighted by Crippen LogP contribution is -2.33. The van der Waals surface area contributed by atoms with Crippen LogP contribution in [0.3, 0.4) is 0 Å². The second-order valence-electron chi connectivity index (χ2n) is 5.48. The molecular weight excluding hydrogens is 318 g/mol. The highest BCUT2D eigenvalue weighted by Crippen LogP contribution is 2.17. The summed E-state index contributed by atoms with van der Waals surface area (Å²) in [5.74, 6) is -2.05. The summed E-state index contributed by atoms with van der Waals surface area (Å²) in [5.41, 5.74) is 0.994. The molecular formula is C16H23NO5S. The maximum atomic E-state index is 12.3. The molecule has 1 atom stereocenters. The average Bonchev–Trinajstić information content (AvgIpc) is 2.49. The van der Waals surface area contributed by atoms with Gasteiger partial charge in [-0.2, -0.15) is 0 Å². The third-order valence-electron chi connectivity index (χ3n) is 3.63. The molecule has 0 bridgehead atoms. The number of amides is 1. The Morgan fingerprint density at radius 3 is 2.39 bits per heavy atom. The Balaban J connectivity index is 3.00. The molecule has 1 aromatic carbocycles. The van der Waals surface area contributed by atoms with E-state index in [2.05, 4.69) is 5.32 Å². The van der Waals surface area contributed by atoms with Crippen molar-refractivity contribution in [1.82, 2.24) is 5.32 Å². The molecule has 6 nitrogen and oxygen atoms in total. The third kappa shape index (κ3) is 5.35. The number of nitrogens with one attached hydrogen (secondary N) is 1. The van der Waals surface area contributed by atoms with Crippen LogP contribution in [0.2, 0.25) is 0 Å². The van der Waals surface area contributed by atoms with Crippen LogP contribution in [0.15, 0.2) is 23.1 Å². The molecule has 0 aliphatic rings. The fourth-order valence-electron chi connectivity index (χ4n) is 2.28.